The monoisotopic (exact) mass is 295 g/mol. The summed E-state index contributed by atoms with van der Waals surface area (Å²) in [6, 6.07) is 0. The Morgan fingerprint density at radius 3 is 2.52 bits per heavy atom. The molecule has 122 valence electrons. The lowest BCUT2D eigenvalue weighted by atomic mass is 9.98. The second-order valence-corrected chi connectivity index (χ2v) is 6.63. The molecular weight excluding hydrogens is 262 g/mol. The molecule has 1 heterocycles. The standard InChI is InChI=1S/C17H33N3O/c1-15-9-12-20(13-10-15)17(18-2)19-11-6-14-21-16-7-4-3-5-8-16/h15-16H,3-14H2,1-2H3,(H,18,19). The topological polar surface area (TPSA) is 36.9 Å². The van der Waals surface area contributed by atoms with Crippen molar-refractivity contribution in [2.24, 2.45) is 10.9 Å². The summed E-state index contributed by atoms with van der Waals surface area (Å²) in [5.74, 6) is 1.93. The molecule has 0 radical (unpaired) electrons. The number of rotatable bonds is 5. The average Bonchev–Trinajstić information content (AvgIpc) is 2.53. The highest BCUT2D eigenvalue weighted by molar-refractivity contribution is 5.79. The Labute approximate surface area is 130 Å². The van der Waals surface area contributed by atoms with Gasteiger partial charge in [-0.1, -0.05) is 26.2 Å². The normalized spacial score (nSPS) is 22.6. The van der Waals surface area contributed by atoms with Crippen molar-refractivity contribution in [1.29, 1.82) is 0 Å². The van der Waals surface area contributed by atoms with Crippen LogP contribution in [0.1, 0.15) is 58.3 Å². The quantitative estimate of drug-likeness (QED) is 0.481. The van der Waals surface area contributed by atoms with Crippen LogP contribution >= 0.6 is 0 Å². The Bertz CT molecular complexity index is 305. The van der Waals surface area contributed by atoms with Gasteiger partial charge in [0.1, 0.15) is 0 Å². The molecule has 21 heavy (non-hydrogen) atoms. The molecule has 0 spiro atoms. The van der Waals surface area contributed by atoms with Gasteiger partial charge in [0.2, 0.25) is 0 Å². The fraction of sp³-hybridized carbons (Fsp3) is 0.941. The minimum Gasteiger partial charge on any atom is -0.378 e. The molecule has 1 aliphatic heterocycles. The van der Waals surface area contributed by atoms with Crippen LogP contribution in [0.25, 0.3) is 0 Å². The smallest absolute Gasteiger partial charge is 0.193 e. The highest BCUT2D eigenvalue weighted by Crippen LogP contribution is 2.20. The number of piperidine rings is 1. The fourth-order valence-corrected chi connectivity index (χ4v) is 3.31. The number of hydrogen-bond donors (Lipinski definition) is 1. The maximum atomic E-state index is 5.96. The third-order valence-electron chi connectivity index (χ3n) is 4.80. The summed E-state index contributed by atoms with van der Waals surface area (Å²) in [5, 5.41) is 3.49. The predicted molar refractivity (Wildman–Crippen MR) is 88.8 cm³/mol. The number of hydrogen-bond acceptors (Lipinski definition) is 2. The van der Waals surface area contributed by atoms with Gasteiger partial charge in [-0.15, -0.1) is 0 Å². The summed E-state index contributed by atoms with van der Waals surface area (Å²) in [4.78, 5) is 6.81. The third-order valence-corrected chi connectivity index (χ3v) is 4.80. The molecule has 0 aromatic heterocycles. The van der Waals surface area contributed by atoms with Gasteiger partial charge in [0, 0.05) is 33.3 Å². The summed E-state index contributed by atoms with van der Waals surface area (Å²) in [6.45, 7) is 6.46. The van der Waals surface area contributed by atoms with Gasteiger partial charge in [0.15, 0.2) is 5.96 Å². The first kappa shape index (κ1) is 16.6. The summed E-state index contributed by atoms with van der Waals surface area (Å²) in [6.07, 6.45) is 10.8. The molecule has 1 saturated carbocycles. The predicted octanol–water partition coefficient (Wildman–Crippen LogP) is 3.03. The van der Waals surface area contributed by atoms with E-state index < -0.39 is 0 Å². The van der Waals surface area contributed by atoms with Crippen molar-refractivity contribution < 1.29 is 4.74 Å². The lowest BCUT2D eigenvalue weighted by Crippen LogP contribution is -2.45. The van der Waals surface area contributed by atoms with E-state index in [1.165, 1.54) is 44.9 Å². The molecule has 0 aromatic carbocycles. The lowest BCUT2D eigenvalue weighted by molar-refractivity contribution is 0.0276. The summed E-state index contributed by atoms with van der Waals surface area (Å²) < 4.78 is 5.96. The minimum atomic E-state index is 0.529. The molecule has 0 amide bonds. The van der Waals surface area contributed by atoms with Crippen LogP contribution in [-0.2, 0) is 4.74 Å². The first-order valence-corrected chi connectivity index (χ1v) is 8.87. The van der Waals surface area contributed by atoms with E-state index >= 15 is 0 Å². The lowest BCUT2D eigenvalue weighted by Gasteiger charge is -2.33. The van der Waals surface area contributed by atoms with Crippen LogP contribution in [0, 0.1) is 5.92 Å². The van der Waals surface area contributed by atoms with Gasteiger partial charge in [-0.2, -0.15) is 0 Å². The minimum absolute atomic E-state index is 0.529. The van der Waals surface area contributed by atoms with Crippen molar-refractivity contribution in [3.05, 3.63) is 0 Å². The van der Waals surface area contributed by atoms with E-state index in [4.69, 9.17) is 4.74 Å². The van der Waals surface area contributed by atoms with Crippen LogP contribution in [0.4, 0.5) is 0 Å². The number of likely N-dealkylation sites (tertiary alicyclic amines) is 1. The fourth-order valence-electron chi connectivity index (χ4n) is 3.31. The van der Waals surface area contributed by atoms with Gasteiger partial charge in [-0.3, -0.25) is 4.99 Å². The second-order valence-electron chi connectivity index (χ2n) is 6.63. The second kappa shape index (κ2) is 9.29. The molecule has 2 aliphatic rings. The third kappa shape index (κ3) is 5.85. The molecule has 0 atom stereocenters. The van der Waals surface area contributed by atoms with Gasteiger partial charge >= 0.3 is 0 Å². The Hall–Kier alpha value is -0.770. The zero-order valence-corrected chi connectivity index (χ0v) is 13.9. The van der Waals surface area contributed by atoms with Crippen LogP contribution < -0.4 is 5.32 Å². The number of ether oxygens (including phenoxy) is 1. The molecule has 2 fully saturated rings. The molecule has 1 saturated heterocycles. The van der Waals surface area contributed by atoms with Crippen molar-refractivity contribution in [3.8, 4) is 0 Å². The van der Waals surface area contributed by atoms with E-state index in [2.05, 4.69) is 22.1 Å². The van der Waals surface area contributed by atoms with Crippen LogP contribution in [-0.4, -0.2) is 50.3 Å². The van der Waals surface area contributed by atoms with Gasteiger partial charge in [0.25, 0.3) is 0 Å². The zero-order chi connectivity index (χ0) is 14.9. The molecule has 0 aromatic rings. The Balaban J connectivity index is 1.56. The van der Waals surface area contributed by atoms with Gasteiger partial charge in [-0.25, -0.2) is 0 Å². The number of nitrogens with one attached hydrogen (secondary N) is 1. The van der Waals surface area contributed by atoms with Crippen molar-refractivity contribution in [3.63, 3.8) is 0 Å². The van der Waals surface area contributed by atoms with E-state index in [1.807, 2.05) is 7.05 Å². The van der Waals surface area contributed by atoms with E-state index in [-0.39, 0.29) is 0 Å². The molecule has 4 nitrogen and oxygen atoms in total. The van der Waals surface area contributed by atoms with Crippen molar-refractivity contribution in [1.82, 2.24) is 10.2 Å². The maximum Gasteiger partial charge on any atom is 0.193 e. The van der Waals surface area contributed by atoms with Crippen molar-refractivity contribution >= 4 is 5.96 Å². The van der Waals surface area contributed by atoms with E-state index in [0.29, 0.717) is 6.10 Å². The van der Waals surface area contributed by atoms with Crippen LogP contribution in [0.5, 0.6) is 0 Å². The largest absolute Gasteiger partial charge is 0.378 e. The summed E-state index contributed by atoms with van der Waals surface area (Å²) in [7, 11) is 1.89. The van der Waals surface area contributed by atoms with E-state index in [9.17, 15) is 0 Å². The summed E-state index contributed by atoms with van der Waals surface area (Å²) in [5.41, 5.74) is 0. The van der Waals surface area contributed by atoms with Gasteiger partial charge in [0.05, 0.1) is 6.10 Å². The molecule has 4 heteroatoms. The number of guanidine groups is 1. The first-order valence-electron chi connectivity index (χ1n) is 8.87. The molecule has 0 unspecified atom stereocenters. The first-order chi connectivity index (χ1) is 10.3. The Morgan fingerprint density at radius 1 is 1.14 bits per heavy atom. The van der Waals surface area contributed by atoms with Crippen molar-refractivity contribution in [2.75, 3.05) is 33.3 Å². The highest BCUT2D eigenvalue weighted by atomic mass is 16.5. The number of aliphatic imine (C=N–C) groups is 1. The maximum absolute atomic E-state index is 5.96. The molecule has 0 bridgehead atoms. The molecule has 1 N–H and O–H groups in total. The van der Waals surface area contributed by atoms with Crippen LogP contribution in [0.2, 0.25) is 0 Å². The number of nitrogens with zero attached hydrogens (tertiary/aromatic N) is 2. The van der Waals surface area contributed by atoms with Crippen LogP contribution in [0.15, 0.2) is 4.99 Å². The van der Waals surface area contributed by atoms with Crippen LogP contribution in [0.3, 0.4) is 0 Å². The van der Waals surface area contributed by atoms with Gasteiger partial charge in [-0.05, 0) is 38.0 Å². The molecule has 2 rings (SSSR count). The van der Waals surface area contributed by atoms with E-state index in [0.717, 1.165) is 44.5 Å². The highest BCUT2D eigenvalue weighted by Gasteiger charge is 2.18. The van der Waals surface area contributed by atoms with Gasteiger partial charge < -0.3 is 15.0 Å². The SMILES string of the molecule is CN=C(NCCCOC1CCCCC1)N1CCC(C)CC1. The zero-order valence-electron chi connectivity index (χ0n) is 13.9. The Kier molecular flexibility index (Phi) is 7.34. The van der Waals surface area contributed by atoms with E-state index in [1.54, 1.807) is 0 Å². The summed E-state index contributed by atoms with van der Waals surface area (Å²) >= 11 is 0. The molecular formula is C17H33N3O. The average molecular weight is 295 g/mol. The Morgan fingerprint density at radius 2 is 1.86 bits per heavy atom. The molecule has 1 aliphatic carbocycles. The van der Waals surface area contributed by atoms with Crippen molar-refractivity contribution in [2.45, 2.75) is 64.4 Å².